The summed E-state index contributed by atoms with van der Waals surface area (Å²) in [6.45, 7) is 2.36. The van der Waals surface area contributed by atoms with Gasteiger partial charge in [-0.2, -0.15) is 0 Å². The fourth-order valence-corrected chi connectivity index (χ4v) is 8.59. The molecule has 5 aliphatic carbocycles. The van der Waals surface area contributed by atoms with Crippen LogP contribution in [0.1, 0.15) is 64.7 Å². The Morgan fingerprint density at radius 1 is 0.957 bits per heavy atom. The number of hydrogen-bond acceptors (Lipinski definition) is 3. The summed E-state index contributed by atoms with van der Waals surface area (Å²) < 4.78 is 6.20. The van der Waals surface area contributed by atoms with Crippen LogP contribution in [0.5, 0.6) is 0 Å². The van der Waals surface area contributed by atoms with Crippen LogP contribution >= 0.6 is 0 Å². The van der Waals surface area contributed by atoms with E-state index in [0.29, 0.717) is 11.3 Å². The van der Waals surface area contributed by atoms with E-state index in [1.54, 1.807) is 0 Å². The predicted octanol–water partition coefficient (Wildman–Crippen LogP) is 3.13. The first kappa shape index (κ1) is 15.2. The highest BCUT2D eigenvalue weighted by molar-refractivity contribution is 5.25. The molecule has 0 heterocycles. The van der Waals surface area contributed by atoms with E-state index in [1.807, 2.05) is 7.11 Å². The molecule has 3 heteroatoms. The summed E-state index contributed by atoms with van der Waals surface area (Å²) in [5.74, 6) is 2.92. The van der Waals surface area contributed by atoms with Crippen LogP contribution in [0, 0.1) is 34.5 Å². The van der Waals surface area contributed by atoms with Crippen molar-refractivity contribution < 1.29 is 14.9 Å². The largest absolute Gasteiger partial charge is 0.393 e. The van der Waals surface area contributed by atoms with E-state index in [9.17, 15) is 10.2 Å². The van der Waals surface area contributed by atoms with Crippen LogP contribution in [0.3, 0.4) is 0 Å². The van der Waals surface area contributed by atoms with E-state index >= 15 is 0 Å². The van der Waals surface area contributed by atoms with Crippen LogP contribution in [0.2, 0.25) is 0 Å². The van der Waals surface area contributed by atoms with E-state index in [4.69, 9.17) is 4.74 Å². The third-order valence-electron chi connectivity index (χ3n) is 9.59. The number of methoxy groups -OCH3 is 1. The number of ether oxygens (including phenoxy) is 1. The maximum absolute atomic E-state index is 10.6. The minimum atomic E-state index is -0.162. The third kappa shape index (κ3) is 1.54. The number of rotatable bonds is 1. The average Bonchev–Trinajstić information content (AvgIpc) is 2.85. The van der Waals surface area contributed by atoms with Crippen LogP contribution in [0.15, 0.2) is 0 Å². The monoisotopic (exact) mass is 320 g/mol. The van der Waals surface area contributed by atoms with Crippen molar-refractivity contribution in [1.29, 1.82) is 0 Å². The van der Waals surface area contributed by atoms with E-state index in [1.165, 1.54) is 32.1 Å². The van der Waals surface area contributed by atoms with Gasteiger partial charge in [0.25, 0.3) is 0 Å². The van der Waals surface area contributed by atoms with Gasteiger partial charge in [0.2, 0.25) is 0 Å². The smallest absolute Gasteiger partial charge is 0.0790 e. The first-order chi connectivity index (χ1) is 11.0. The summed E-state index contributed by atoms with van der Waals surface area (Å²) in [4.78, 5) is 0. The second-order valence-corrected chi connectivity index (χ2v) is 9.80. The highest BCUT2D eigenvalue weighted by Gasteiger charge is 2.76. The number of hydrogen-bond donors (Lipinski definition) is 2. The molecule has 2 bridgehead atoms. The first-order valence-corrected chi connectivity index (χ1v) is 9.88. The van der Waals surface area contributed by atoms with Crippen molar-refractivity contribution in [2.45, 2.75) is 82.5 Å². The fraction of sp³-hybridized carbons (Fsp3) is 1.00. The predicted molar refractivity (Wildman–Crippen MR) is 87.8 cm³/mol. The molecular weight excluding hydrogens is 288 g/mol. The normalized spacial score (nSPS) is 63.7. The Labute approximate surface area is 139 Å². The maximum atomic E-state index is 10.6. The SMILES string of the molecule is COC12CC(O)CCC13CC2CC1C2CCC(O)C2(C)CCC13. The Kier molecular flexibility index (Phi) is 2.99. The molecule has 130 valence electrons. The summed E-state index contributed by atoms with van der Waals surface area (Å²) in [5, 5.41) is 20.8. The molecule has 5 saturated carbocycles. The van der Waals surface area contributed by atoms with Gasteiger partial charge >= 0.3 is 0 Å². The van der Waals surface area contributed by atoms with Crippen molar-refractivity contribution in [1.82, 2.24) is 0 Å². The number of fused-ring (bicyclic) bond motifs is 5. The lowest BCUT2D eigenvalue weighted by molar-refractivity contribution is -0.336. The molecule has 0 radical (unpaired) electrons. The minimum absolute atomic E-state index is 0.0310. The molecule has 5 aliphatic rings. The van der Waals surface area contributed by atoms with E-state index < -0.39 is 0 Å². The molecule has 0 aliphatic heterocycles. The Balaban J connectivity index is 1.52. The standard InChI is InChI=1S/C20H32O3/c1-18-7-6-16-14(15(18)3-4-17(18)22)9-12-10-19(16)8-5-13(21)11-20(12,19)23-2/h12-17,21-22H,3-11H2,1-2H3. The van der Waals surface area contributed by atoms with Crippen molar-refractivity contribution in [3.8, 4) is 0 Å². The van der Waals surface area contributed by atoms with E-state index in [-0.39, 0.29) is 23.2 Å². The van der Waals surface area contributed by atoms with E-state index in [2.05, 4.69) is 6.92 Å². The number of aliphatic hydroxyl groups is 2. The quantitative estimate of drug-likeness (QED) is 0.780. The molecule has 0 aromatic carbocycles. The van der Waals surface area contributed by atoms with Gasteiger partial charge in [0.1, 0.15) is 0 Å². The van der Waals surface area contributed by atoms with Gasteiger partial charge in [-0.1, -0.05) is 6.92 Å². The Morgan fingerprint density at radius 2 is 1.78 bits per heavy atom. The lowest BCUT2D eigenvalue weighted by Crippen LogP contribution is -2.76. The Bertz CT molecular complexity index is 521. The van der Waals surface area contributed by atoms with Crippen molar-refractivity contribution in [3.05, 3.63) is 0 Å². The zero-order valence-electron chi connectivity index (χ0n) is 14.6. The molecule has 9 atom stereocenters. The molecule has 0 aromatic rings. The lowest BCUT2D eigenvalue weighted by atomic mass is 9.31. The summed E-state index contributed by atoms with van der Waals surface area (Å²) in [6.07, 6.45) is 10.0. The van der Waals surface area contributed by atoms with Crippen LogP contribution in [-0.4, -0.2) is 35.1 Å². The van der Waals surface area contributed by atoms with Gasteiger partial charge in [0.05, 0.1) is 17.8 Å². The zero-order valence-corrected chi connectivity index (χ0v) is 14.6. The van der Waals surface area contributed by atoms with Crippen molar-refractivity contribution in [2.75, 3.05) is 7.11 Å². The van der Waals surface area contributed by atoms with Gasteiger partial charge in [-0.05, 0) is 80.5 Å². The van der Waals surface area contributed by atoms with E-state index in [0.717, 1.165) is 43.4 Å². The Morgan fingerprint density at radius 3 is 2.57 bits per heavy atom. The van der Waals surface area contributed by atoms with Crippen molar-refractivity contribution in [2.24, 2.45) is 34.5 Å². The molecule has 5 fully saturated rings. The minimum Gasteiger partial charge on any atom is -0.393 e. The topological polar surface area (TPSA) is 49.7 Å². The van der Waals surface area contributed by atoms with Gasteiger partial charge in [-0.3, -0.25) is 0 Å². The Hall–Kier alpha value is -0.120. The van der Waals surface area contributed by atoms with Crippen LogP contribution in [-0.2, 0) is 4.74 Å². The fourth-order valence-electron chi connectivity index (χ4n) is 8.59. The molecule has 9 unspecified atom stereocenters. The van der Waals surface area contributed by atoms with Gasteiger partial charge in [0.15, 0.2) is 0 Å². The average molecular weight is 320 g/mol. The molecule has 0 amide bonds. The number of aliphatic hydroxyl groups excluding tert-OH is 2. The molecule has 23 heavy (non-hydrogen) atoms. The lowest BCUT2D eigenvalue weighted by Gasteiger charge is -2.76. The van der Waals surface area contributed by atoms with Crippen LogP contribution in [0.25, 0.3) is 0 Å². The van der Waals surface area contributed by atoms with Gasteiger partial charge in [0, 0.05) is 18.9 Å². The highest BCUT2D eigenvalue weighted by atomic mass is 16.5. The third-order valence-corrected chi connectivity index (χ3v) is 9.59. The summed E-state index contributed by atoms with van der Waals surface area (Å²) in [7, 11) is 1.89. The molecule has 3 nitrogen and oxygen atoms in total. The van der Waals surface area contributed by atoms with Crippen molar-refractivity contribution in [3.63, 3.8) is 0 Å². The summed E-state index contributed by atoms with van der Waals surface area (Å²) in [6, 6.07) is 0. The maximum Gasteiger partial charge on any atom is 0.0790 e. The zero-order chi connectivity index (χ0) is 16.0. The van der Waals surface area contributed by atoms with Crippen LogP contribution in [0.4, 0.5) is 0 Å². The van der Waals surface area contributed by atoms with Gasteiger partial charge in [-0.15, -0.1) is 0 Å². The first-order valence-electron chi connectivity index (χ1n) is 9.88. The summed E-state index contributed by atoms with van der Waals surface area (Å²) >= 11 is 0. The molecule has 0 aromatic heterocycles. The molecule has 2 N–H and O–H groups in total. The van der Waals surface area contributed by atoms with Gasteiger partial charge in [-0.25, -0.2) is 0 Å². The molecule has 0 saturated heterocycles. The second-order valence-electron chi connectivity index (χ2n) is 9.80. The molecule has 1 spiro atoms. The molecular formula is C20H32O3. The molecule has 5 rings (SSSR count). The highest BCUT2D eigenvalue weighted by Crippen LogP contribution is 2.77. The van der Waals surface area contributed by atoms with Crippen LogP contribution < -0.4 is 0 Å². The second kappa shape index (κ2) is 4.53. The summed E-state index contributed by atoms with van der Waals surface area (Å²) in [5.41, 5.74) is 0.478. The van der Waals surface area contributed by atoms with Crippen molar-refractivity contribution >= 4 is 0 Å². The van der Waals surface area contributed by atoms with Gasteiger partial charge < -0.3 is 14.9 Å².